The molecule has 7 heteroatoms. The largest absolute Gasteiger partial charge is 0.481 e. The normalized spacial score (nSPS) is 22.2. The number of carboxylic acids is 1. The van der Waals surface area contributed by atoms with Gasteiger partial charge in [0, 0.05) is 19.5 Å². The van der Waals surface area contributed by atoms with Crippen LogP contribution in [0.4, 0.5) is 0 Å². The summed E-state index contributed by atoms with van der Waals surface area (Å²) < 4.78 is 22.8. The predicted molar refractivity (Wildman–Crippen MR) is 70.5 cm³/mol. The lowest BCUT2D eigenvalue weighted by molar-refractivity contribution is -0.140. The van der Waals surface area contributed by atoms with Crippen molar-refractivity contribution in [1.29, 1.82) is 0 Å². The lowest BCUT2D eigenvalue weighted by atomic mass is 9.85. The van der Waals surface area contributed by atoms with Crippen molar-refractivity contribution in [2.45, 2.75) is 39.2 Å². The van der Waals surface area contributed by atoms with Crippen molar-refractivity contribution in [3.63, 3.8) is 0 Å². The molecule has 1 fully saturated rings. The van der Waals surface area contributed by atoms with Crippen LogP contribution in [0, 0.1) is 5.41 Å². The predicted octanol–water partition coefficient (Wildman–Crippen LogP) is 0.523. The molecule has 1 rings (SSSR count). The monoisotopic (exact) mass is 291 g/mol. The highest BCUT2D eigenvalue weighted by atomic mass is 32.2. The van der Waals surface area contributed by atoms with Crippen molar-refractivity contribution < 1.29 is 23.1 Å². The van der Waals surface area contributed by atoms with Crippen molar-refractivity contribution >= 4 is 21.7 Å². The minimum absolute atomic E-state index is 0.00853. The quantitative estimate of drug-likeness (QED) is 0.797. The van der Waals surface area contributed by atoms with E-state index < -0.39 is 21.2 Å². The van der Waals surface area contributed by atoms with Crippen LogP contribution in [-0.4, -0.2) is 54.9 Å². The molecule has 110 valence electrons. The zero-order valence-electron chi connectivity index (χ0n) is 11.5. The topological polar surface area (TPSA) is 91.8 Å². The van der Waals surface area contributed by atoms with Gasteiger partial charge in [0.15, 0.2) is 9.84 Å². The first kappa shape index (κ1) is 15.9. The zero-order valence-corrected chi connectivity index (χ0v) is 12.4. The zero-order chi connectivity index (χ0) is 14.8. The Bertz CT molecular complexity index is 469. The summed E-state index contributed by atoms with van der Waals surface area (Å²) >= 11 is 0. The van der Waals surface area contributed by atoms with Crippen LogP contribution < -0.4 is 0 Å². The molecule has 1 atom stereocenters. The molecule has 0 aromatic carbocycles. The van der Waals surface area contributed by atoms with E-state index in [2.05, 4.69) is 0 Å². The standard InChI is InChI=1S/C12H21NO5S/c1-12(2,7-11(15)16)6-10(14)13(3)9-4-5-19(17,18)8-9/h9H,4-8H2,1-3H3,(H,15,16)/t9-/m0/s1. The van der Waals surface area contributed by atoms with Crippen LogP contribution in [0.5, 0.6) is 0 Å². The van der Waals surface area contributed by atoms with Crippen molar-refractivity contribution in [2.75, 3.05) is 18.6 Å². The molecule has 0 spiro atoms. The molecule has 1 aliphatic rings. The fraction of sp³-hybridized carbons (Fsp3) is 0.833. The Labute approximate surface area is 113 Å². The van der Waals surface area contributed by atoms with Crippen molar-refractivity contribution in [3.05, 3.63) is 0 Å². The molecular formula is C12H21NO5S. The van der Waals surface area contributed by atoms with E-state index in [4.69, 9.17) is 5.11 Å². The maximum Gasteiger partial charge on any atom is 0.303 e. The maximum atomic E-state index is 12.1. The Morgan fingerprint density at radius 3 is 2.32 bits per heavy atom. The number of nitrogens with zero attached hydrogens (tertiary/aromatic N) is 1. The minimum Gasteiger partial charge on any atom is -0.481 e. The first-order chi connectivity index (χ1) is 8.52. The molecule has 0 radical (unpaired) electrons. The number of amides is 1. The molecular weight excluding hydrogens is 270 g/mol. The van der Waals surface area contributed by atoms with Crippen molar-refractivity contribution in [2.24, 2.45) is 5.41 Å². The second-order valence-electron chi connectivity index (χ2n) is 5.97. The van der Waals surface area contributed by atoms with Crippen LogP contribution in [-0.2, 0) is 19.4 Å². The molecule has 1 N–H and O–H groups in total. The molecule has 1 saturated heterocycles. The highest BCUT2D eigenvalue weighted by molar-refractivity contribution is 7.91. The van der Waals surface area contributed by atoms with Crippen LogP contribution in [0.3, 0.4) is 0 Å². The molecule has 6 nitrogen and oxygen atoms in total. The van der Waals surface area contributed by atoms with E-state index >= 15 is 0 Å². The summed E-state index contributed by atoms with van der Waals surface area (Å²) in [6, 6.07) is -0.280. The maximum absolute atomic E-state index is 12.1. The highest BCUT2D eigenvalue weighted by Crippen LogP contribution is 2.27. The third kappa shape index (κ3) is 4.81. The van der Waals surface area contributed by atoms with Crippen LogP contribution in [0.1, 0.15) is 33.1 Å². The van der Waals surface area contributed by atoms with Gasteiger partial charge in [0.05, 0.1) is 17.9 Å². The molecule has 0 aromatic heterocycles. The van der Waals surface area contributed by atoms with Gasteiger partial charge in [0.25, 0.3) is 0 Å². The van der Waals surface area contributed by atoms with Gasteiger partial charge in [-0.05, 0) is 11.8 Å². The van der Waals surface area contributed by atoms with Gasteiger partial charge in [-0.25, -0.2) is 8.42 Å². The molecule has 1 heterocycles. The van der Waals surface area contributed by atoms with E-state index in [-0.39, 0.29) is 36.3 Å². The van der Waals surface area contributed by atoms with Gasteiger partial charge >= 0.3 is 5.97 Å². The van der Waals surface area contributed by atoms with Crippen LogP contribution >= 0.6 is 0 Å². The van der Waals surface area contributed by atoms with Crippen LogP contribution in [0.15, 0.2) is 0 Å². The van der Waals surface area contributed by atoms with Gasteiger partial charge in [-0.3, -0.25) is 9.59 Å². The van der Waals surface area contributed by atoms with E-state index in [0.29, 0.717) is 6.42 Å². The Morgan fingerprint density at radius 2 is 1.89 bits per heavy atom. The summed E-state index contributed by atoms with van der Waals surface area (Å²) in [6.07, 6.45) is 0.478. The summed E-state index contributed by atoms with van der Waals surface area (Å²) in [4.78, 5) is 24.2. The average Bonchev–Trinajstić information content (AvgIpc) is 2.54. The van der Waals surface area contributed by atoms with E-state index in [1.54, 1.807) is 20.9 Å². The van der Waals surface area contributed by atoms with E-state index in [1.807, 2.05) is 0 Å². The number of aliphatic carboxylic acids is 1. The molecule has 0 aromatic rings. The number of rotatable bonds is 5. The second-order valence-corrected chi connectivity index (χ2v) is 8.20. The number of carbonyl (C=O) groups excluding carboxylic acids is 1. The van der Waals surface area contributed by atoms with E-state index in [9.17, 15) is 18.0 Å². The number of sulfone groups is 1. The molecule has 0 aliphatic carbocycles. The average molecular weight is 291 g/mol. The number of hydrogen-bond acceptors (Lipinski definition) is 4. The number of carbonyl (C=O) groups is 2. The van der Waals surface area contributed by atoms with Crippen molar-refractivity contribution in [1.82, 2.24) is 4.90 Å². The van der Waals surface area contributed by atoms with Gasteiger partial charge in [-0.2, -0.15) is 0 Å². The Morgan fingerprint density at radius 1 is 1.32 bits per heavy atom. The summed E-state index contributed by atoms with van der Waals surface area (Å²) in [7, 11) is -1.44. The Hall–Kier alpha value is -1.11. The summed E-state index contributed by atoms with van der Waals surface area (Å²) in [5.41, 5.74) is -0.630. The van der Waals surface area contributed by atoms with Crippen LogP contribution in [0.25, 0.3) is 0 Å². The summed E-state index contributed by atoms with van der Waals surface area (Å²) in [6.45, 7) is 3.44. The third-order valence-corrected chi connectivity index (χ3v) is 5.16. The molecule has 0 bridgehead atoms. The van der Waals surface area contributed by atoms with Crippen molar-refractivity contribution in [3.8, 4) is 0 Å². The van der Waals surface area contributed by atoms with Gasteiger partial charge in [0.2, 0.25) is 5.91 Å². The van der Waals surface area contributed by atoms with Gasteiger partial charge in [-0.15, -0.1) is 0 Å². The third-order valence-electron chi connectivity index (χ3n) is 3.41. The number of hydrogen-bond donors (Lipinski definition) is 1. The van der Waals surface area contributed by atoms with Gasteiger partial charge in [-0.1, -0.05) is 13.8 Å². The molecule has 19 heavy (non-hydrogen) atoms. The smallest absolute Gasteiger partial charge is 0.303 e. The fourth-order valence-electron chi connectivity index (χ4n) is 2.29. The fourth-order valence-corrected chi connectivity index (χ4v) is 4.06. The lowest BCUT2D eigenvalue weighted by Gasteiger charge is -2.28. The molecule has 0 unspecified atom stereocenters. The number of carboxylic acid groups (broad SMARTS) is 1. The highest BCUT2D eigenvalue weighted by Gasteiger charge is 2.34. The molecule has 0 saturated carbocycles. The van der Waals surface area contributed by atoms with Crippen LogP contribution in [0.2, 0.25) is 0 Å². The second kappa shape index (κ2) is 5.48. The molecule has 1 aliphatic heterocycles. The lowest BCUT2D eigenvalue weighted by Crippen LogP contribution is -2.40. The first-order valence-electron chi connectivity index (χ1n) is 6.20. The summed E-state index contributed by atoms with van der Waals surface area (Å²) in [5, 5.41) is 8.78. The van der Waals surface area contributed by atoms with Gasteiger partial charge in [0.1, 0.15) is 0 Å². The Kier molecular flexibility index (Phi) is 4.60. The SMILES string of the molecule is CN(C(=O)CC(C)(C)CC(=O)O)[C@H]1CCS(=O)(=O)C1. The molecule has 1 amide bonds. The Balaban J connectivity index is 2.61. The summed E-state index contributed by atoms with van der Waals surface area (Å²) in [5.74, 6) is -1.01. The van der Waals surface area contributed by atoms with Gasteiger partial charge < -0.3 is 10.0 Å². The van der Waals surface area contributed by atoms with E-state index in [1.165, 1.54) is 4.90 Å². The first-order valence-corrected chi connectivity index (χ1v) is 8.02. The van der Waals surface area contributed by atoms with E-state index in [0.717, 1.165) is 0 Å². The minimum atomic E-state index is -3.02.